The van der Waals surface area contributed by atoms with Crippen molar-refractivity contribution < 1.29 is 45.0 Å². The van der Waals surface area contributed by atoms with Crippen molar-refractivity contribution in [1.82, 2.24) is 9.78 Å². The average Bonchev–Trinajstić information content (AvgIpc) is 3.34. The third kappa shape index (κ3) is 5.76. The van der Waals surface area contributed by atoms with E-state index in [9.17, 15) is 31.1 Å². The lowest BCUT2D eigenvalue weighted by molar-refractivity contribution is -0.0514. The Balaban J connectivity index is 1.76. The Morgan fingerprint density at radius 2 is 1.85 bits per heavy atom. The van der Waals surface area contributed by atoms with Gasteiger partial charge in [-0.15, -0.1) is 0 Å². The molecule has 0 bridgehead atoms. The van der Waals surface area contributed by atoms with E-state index in [1.165, 1.54) is 30.3 Å². The molecule has 2 heterocycles. The van der Waals surface area contributed by atoms with Crippen molar-refractivity contribution in [1.29, 1.82) is 0 Å². The maximum absolute atomic E-state index is 13.3. The van der Waals surface area contributed by atoms with Crippen molar-refractivity contribution in [3.05, 3.63) is 58.3 Å². The fourth-order valence-corrected chi connectivity index (χ4v) is 3.21. The van der Waals surface area contributed by atoms with Gasteiger partial charge in [0.25, 0.3) is 18.8 Å². The zero-order valence-corrected chi connectivity index (χ0v) is 18.0. The minimum Gasteiger partial charge on any atom is -0.490 e. The van der Waals surface area contributed by atoms with Crippen molar-refractivity contribution in [2.24, 2.45) is 0 Å². The highest BCUT2D eigenvalue weighted by molar-refractivity contribution is 6.32. The van der Waals surface area contributed by atoms with Crippen molar-refractivity contribution >= 4 is 23.2 Å². The Morgan fingerprint density at radius 1 is 1.12 bits per heavy atom. The average molecular weight is 512 g/mol. The minimum atomic E-state index is -3.18. The molecule has 0 aliphatic rings. The Kier molecular flexibility index (Phi) is 7.97. The molecular weight excluding hydrogens is 496 g/mol. The van der Waals surface area contributed by atoms with Crippen LogP contribution in [0.5, 0.6) is 11.5 Å². The third-order valence-electron chi connectivity index (χ3n) is 4.28. The van der Waals surface area contributed by atoms with Crippen LogP contribution in [0.15, 0.2) is 34.7 Å². The number of anilines is 1. The molecule has 0 unspecified atom stereocenters. The Bertz CT molecular complexity index is 1150. The molecule has 1 N–H and O–H groups in total. The van der Waals surface area contributed by atoms with Gasteiger partial charge in [0.05, 0.1) is 18.2 Å². The number of amides is 1. The van der Waals surface area contributed by atoms with Gasteiger partial charge in [-0.05, 0) is 31.2 Å². The SMILES string of the molecule is CCOc1cc(NC(=O)c2ccc(Cn3nc(C(F)F)c(Cl)c3C(F)F)o2)ccc1OC(F)F. The molecular formula is C20H16ClF6N3O4. The quantitative estimate of drug-likeness (QED) is 0.323. The number of furan rings is 1. The molecule has 3 rings (SSSR count). The maximum atomic E-state index is 13.3. The first kappa shape index (κ1) is 25.3. The van der Waals surface area contributed by atoms with Crippen molar-refractivity contribution in [2.45, 2.75) is 32.9 Å². The van der Waals surface area contributed by atoms with Crippen molar-refractivity contribution in [2.75, 3.05) is 11.9 Å². The van der Waals surface area contributed by atoms with E-state index in [1.54, 1.807) is 6.92 Å². The summed E-state index contributed by atoms with van der Waals surface area (Å²) < 4.78 is 93.0. The zero-order valence-electron chi connectivity index (χ0n) is 17.2. The molecule has 34 heavy (non-hydrogen) atoms. The summed E-state index contributed by atoms with van der Waals surface area (Å²) in [6, 6.07) is 6.22. The number of rotatable bonds is 10. The summed E-state index contributed by atoms with van der Waals surface area (Å²) in [5, 5.41) is 5.02. The predicted molar refractivity (Wildman–Crippen MR) is 107 cm³/mol. The topological polar surface area (TPSA) is 78.5 Å². The lowest BCUT2D eigenvalue weighted by atomic mass is 10.2. The number of carbonyl (C=O) groups is 1. The van der Waals surface area contributed by atoms with Crippen LogP contribution in [0.1, 0.15) is 47.5 Å². The molecule has 3 aromatic rings. The van der Waals surface area contributed by atoms with Crippen LogP contribution in [0.2, 0.25) is 5.02 Å². The lowest BCUT2D eigenvalue weighted by Gasteiger charge is -2.13. The molecule has 0 aliphatic heterocycles. The van der Waals surface area contributed by atoms with Gasteiger partial charge in [0.1, 0.15) is 17.1 Å². The molecule has 0 aliphatic carbocycles. The fourth-order valence-electron chi connectivity index (χ4n) is 2.91. The van der Waals surface area contributed by atoms with Crippen LogP contribution in [0, 0.1) is 0 Å². The zero-order chi connectivity index (χ0) is 25.0. The molecule has 1 amide bonds. The van der Waals surface area contributed by atoms with E-state index in [2.05, 4.69) is 15.2 Å². The number of benzene rings is 1. The number of hydrogen-bond donors (Lipinski definition) is 1. The number of nitrogens with one attached hydrogen (secondary N) is 1. The minimum absolute atomic E-state index is 0.0364. The van der Waals surface area contributed by atoms with E-state index >= 15 is 0 Å². The number of carbonyl (C=O) groups excluding carboxylic acids is 1. The second kappa shape index (κ2) is 10.7. The molecule has 0 fully saturated rings. The summed E-state index contributed by atoms with van der Waals surface area (Å²) in [6.07, 6.45) is -6.34. The predicted octanol–water partition coefficient (Wildman–Crippen LogP) is 6.31. The van der Waals surface area contributed by atoms with E-state index in [4.69, 9.17) is 20.8 Å². The fraction of sp³-hybridized carbons (Fsp3) is 0.300. The first-order valence-electron chi connectivity index (χ1n) is 9.54. The first-order chi connectivity index (χ1) is 16.1. The summed E-state index contributed by atoms with van der Waals surface area (Å²) in [5.74, 6) is -1.32. The van der Waals surface area contributed by atoms with E-state index in [-0.39, 0.29) is 35.3 Å². The van der Waals surface area contributed by atoms with Crippen LogP contribution in [-0.4, -0.2) is 28.9 Å². The number of ether oxygens (including phenoxy) is 2. The van der Waals surface area contributed by atoms with Crippen LogP contribution in [-0.2, 0) is 6.54 Å². The molecule has 0 saturated heterocycles. The number of halogens is 7. The highest BCUT2D eigenvalue weighted by Crippen LogP contribution is 2.35. The van der Waals surface area contributed by atoms with Gasteiger partial charge in [0.2, 0.25) is 0 Å². The standard InChI is InChI=1S/C20H16ClF6N3O4/c1-2-32-13-7-9(3-5-11(13)34-20(26)27)28-19(31)12-6-4-10(33-12)8-30-16(18(24)25)14(21)15(29-30)17(22)23/h3-7,17-18,20H,2,8H2,1H3,(H,28,31). The number of nitrogens with zero attached hydrogens (tertiary/aromatic N) is 2. The summed E-state index contributed by atoms with van der Waals surface area (Å²) in [7, 11) is 0. The smallest absolute Gasteiger partial charge is 0.387 e. The van der Waals surface area contributed by atoms with Crippen LogP contribution in [0.25, 0.3) is 0 Å². The molecule has 0 spiro atoms. The first-order valence-corrected chi connectivity index (χ1v) is 9.92. The van der Waals surface area contributed by atoms with E-state index in [1.807, 2.05) is 0 Å². The Labute approximate surface area is 193 Å². The molecule has 0 radical (unpaired) electrons. The van der Waals surface area contributed by atoms with Gasteiger partial charge in [0, 0.05) is 11.8 Å². The van der Waals surface area contributed by atoms with Gasteiger partial charge in [-0.25, -0.2) is 17.6 Å². The Morgan fingerprint density at radius 3 is 2.47 bits per heavy atom. The normalized spacial score (nSPS) is 11.5. The molecule has 0 saturated carbocycles. The monoisotopic (exact) mass is 511 g/mol. The number of alkyl halides is 6. The van der Waals surface area contributed by atoms with E-state index in [0.29, 0.717) is 4.68 Å². The van der Waals surface area contributed by atoms with Crippen LogP contribution in [0.3, 0.4) is 0 Å². The third-order valence-corrected chi connectivity index (χ3v) is 4.67. The summed E-state index contributed by atoms with van der Waals surface area (Å²) >= 11 is 5.61. The highest BCUT2D eigenvalue weighted by Gasteiger charge is 2.28. The summed E-state index contributed by atoms with van der Waals surface area (Å²) in [5.41, 5.74) is -1.74. The number of aromatic nitrogens is 2. The van der Waals surface area contributed by atoms with E-state index < -0.39 is 48.3 Å². The van der Waals surface area contributed by atoms with Gasteiger partial charge in [-0.1, -0.05) is 11.6 Å². The van der Waals surface area contributed by atoms with Gasteiger partial charge in [-0.3, -0.25) is 9.48 Å². The second-order valence-corrected chi connectivity index (χ2v) is 6.91. The molecule has 2 aromatic heterocycles. The molecule has 14 heteroatoms. The molecule has 1 aromatic carbocycles. The van der Waals surface area contributed by atoms with Crippen LogP contribution >= 0.6 is 11.6 Å². The van der Waals surface area contributed by atoms with Crippen molar-refractivity contribution in [3.63, 3.8) is 0 Å². The summed E-state index contributed by atoms with van der Waals surface area (Å²) in [6.45, 7) is -1.80. The van der Waals surface area contributed by atoms with Crippen LogP contribution < -0.4 is 14.8 Å². The lowest BCUT2D eigenvalue weighted by Crippen LogP contribution is -2.12. The largest absolute Gasteiger partial charge is 0.490 e. The maximum Gasteiger partial charge on any atom is 0.387 e. The second-order valence-electron chi connectivity index (χ2n) is 6.54. The van der Waals surface area contributed by atoms with Crippen LogP contribution in [0.4, 0.5) is 32.0 Å². The molecule has 184 valence electrons. The molecule has 7 nitrogen and oxygen atoms in total. The van der Waals surface area contributed by atoms with Gasteiger partial charge in [-0.2, -0.15) is 13.9 Å². The van der Waals surface area contributed by atoms with Crippen molar-refractivity contribution in [3.8, 4) is 11.5 Å². The summed E-state index contributed by atoms with van der Waals surface area (Å²) in [4.78, 5) is 12.5. The Hall–Kier alpha value is -3.35. The number of hydrogen-bond acceptors (Lipinski definition) is 5. The highest BCUT2D eigenvalue weighted by atomic mass is 35.5. The van der Waals surface area contributed by atoms with Gasteiger partial charge >= 0.3 is 6.61 Å². The van der Waals surface area contributed by atoms with E-state index in [0.717, 1.165) is 0 Å². The molecule has 0 atom stereocenters. The van der Waals surface area contributed by atoms with Gasteiger partial charge in [0.15, 0.2) is 17.3 Å². The van der Waals surface area contributed by atoms with Gasteiger partial charge < -0.3 is 19.2 Å².